The summed E-state index contributed by atoms with van der Waals surface area (Å²) < 4.78 is 0.958. The van der Waals surface area contributed by atoms with Crippen LogP contribution < -0.4 is 5.32 Å². The first kappa shape index (κ1) is 18.0. The lowest BCUT2D eigenvalue weighted by Gasteiger charge is -2.07. The first-order valence-electron chi connectivity index (χ1n) is 7.66. The molecule has 7 heteroatoms. The van der Waals surface area contributed by atoms with E-state index in [9.17, 15) is 9.59 Å². The van der Waals surface area contributed by atoms with Crippen LogP contribution in [0.4, 0.5) is 5.69 Å². The largest absolute Gasteiger partial charge is 0.379 e. The summed E-state index contributed by atoms with van der Waals surface area (Å²) >= 11 is 9.08. The van der Waals surface area contributed by atoms with E-state index < -0.39 is 5.92 Å². The van der Waals surface area contributed by atoms with Crippen molar-refractivity contribution in [1.82, 2.24) is 4.98 Å². The minimum atomic E-state index is -0.660. The molecule has 2 aromatic carbocycles. The van der Waals surface area contributed by atoms with Crippen LogP contribution in [0.25, 0.3) is 10.2 Å². The van der Waals surface area contributed by atoms with Gasteiger partial charge in [0.25, 0.3) is 0 Å². The predicted molar refractivity (Wildman–Crippen MR) is 109 cm³/mol. The van der Waals surface area contributed by atoms with Gasteiger partial charge in [-0.2, -0.15) is 0 Å². The lowest BCUT2D eigenvalue weighted by atomic mass is 10.1. The van der Waals surface area contributed by atoms with Crippen LogP contribution in [0.1, 0.15) is 22.9 Å². The van der Waals surface area contributed by atoms with Crippen molar-refractivity contribution in [3.63, 3.8) is 0 Å². The fourth-order valence-corrected chi connectivity index (χ4v) is 4.08. The number of carbonyl (C=O) groups excluding carboxylic acids is 2. The molecule has 3 aromatic rings. The van der Waals surface area contributed by atoms with Crippen LogP contribution in [-0.2, 0) is 16.1 Å². The second-order valence-corrected chi connectivity index (χ2v) is 7.53. The molecule has 4 nitrogen and oxygen atoms in total. The molecule has 0 saturated heterocycles. The van der Waals surface area contributed by atoms with E-state index in [2.05, 4.69) is 35.6 Å². The quantitative estimate of drug-likeness (QED) is 0.528. The molecule has 0 aliphatic heterocycles. The monoisotopic (exact) mass is 388 g/mol. The number of hydrogen-bond acceptors (Lipinski definition) is 5. The summed E-state index contributed by atoms with van der Waals surface area (Å²) in [6.07, 6.45) is -0.00194. The number of rotatable bonds is 7. The minimum absolute atomic E-state index is 0.00194. The van der Waals surface area contributed by atoms with Gasteiger partial charge in [-0.15, -0.1) is 36.6 Å². The van der Waals surface area contributed by atoms with Crippen molar-refractivity contribution in [1.29, 1.82) is 0 Å². The Morgan fingerprint density at radius 2 is 1.84 bits per heavy atom. The Morgan fingerprint density at radius 3 is 2.52 bits per heavy atom. The highest BCUT2D eigenvalue weighted by atomic mass is 32.1. The van der Waals surface area contributed by atoms with Crippen molar-refractivity contribution >= 4 is 62.7 Å². The Morgan fingerprint density at radius 1 is 1.08 bits per heavy atom. The average molecular weight is 389 g/mol. The zero-order valence-electron chi connectivity index (χ0n) is 13.2. The van der Waals surface area contributed by atoms with Crippen molar-refractivity contribution in [2.45, 2.75) is 18.9 Å². The van der Waals surface area contributed by atoms with E-state index in [0.717, 1.165) is 15.9 Å². The molecule has 0 saturated carbocycles. The van der Waals surface area contributed by atoms with Gasteiger partial charge in [-0.05, 0) is 17.7 Å². The number of benzene rings is 2. The lowest BCUT2D eigenvalue weighted by molar-refractivity contribution is -0.116. The number of fused-ring (bicyclic) bond motifs is 1. The third-order valence-corrected chi connectivity index (χ3v) is 5.36. The van der Waals surface area contributed by atoms with E-state index in [4.69, 9.17) is 0 Å². The maximum absolute atomic E-state index is 11.8. The van der Waals surface area contributed by atoms with E-state index in [1.165, 1.54) is 16.9 Å². The maximum Gasteiger partial charge on any atom is 0.196 e. The van der Waals surface area contributed by atoms with Gasteiger partial charge in [-0.25, -0.2) is 4.98 Å². The van der Waals surface area contributed by atoms with E-state index in [1.807, 2.05) is 48.5 Å². The highest BCUT2D eigenvalue weighted by molar-refractivity contribution is 7.97. The minimum Gasteiger partial charge on any atom is -0.379 e. The molecule has 0 spiro atoms. The van der Waals surface area contributed by atoms with Crippen LogP contribution in [0, 0.1) is 0 Å². The highest BCUT2D eigenvalue weighted by Crippen LogP contribution is 2.34. The number of thiol groups is 2. The van der Waals surface area contributed by atoms with Gasteiger partial charge in [-0.1, -0.05) is 36.4 Å². The van der Waals surface area contributed by atoms with Crippen LogP contribution in [0.15, 0.2) is 48.5 Å². The van der Waals surface area contributed by atoms with Crippen molar-refractivity contribution in [3.05, 3.63) is 59.1 Å². The predicted octanol–water partition coefficient (Wildman–Crippen LogP) is 4.29. The molecule has 1 atom stereocenters. The molecule has 1 unspecified atom stereocenters. The number of hydrogen-bond donors (Lipinski definition) is 3. The lowest BCUT2D eigenvalue weighted by Crippen LogP contribution is -2.09. The number of nitrogens with one attached hydrogen (secondary N) is 1. The van der Waals surface area contributed by atoms with Crippen molar-refractivity contribution in [2.75, 3.05) is 5.32 Å². The average Bonchev–Trinajstić information content (AvgIpc) is 3.02. The molecule has 3 rings (SSSR count). The number of anilines is 1. The zero-order chi connectivity index (χ0) is 17.8. The molecule has 0 amide bonds. The Balaban J connectivity index is 1.89. The third-order valence-electron chi connectivity index (χ3n) is 3.74. The SMILES string of the molecule is O=C(S)CC(C(=O)S)c1nc2c(NCc3ccccc3)cccc2s1. The van der Waals surface area contributed by atoms with Gasteiger partial charge in [0, 0.05) is 13.0 Å². The van der Waals surface area contributed by atoms with Crippen LogP contribution >= 0.6 is 36.6 Å². The molecule has 1 N–H and O–H groups in total. The first-order chi connectivity index (χ1) is 12.0. The van der Waals surface area contributed by atoms with E-state index in [0.29, 0.717) is 11.6 Å². The molecule has 128 valence electrons. The molecule has 1 heterocycles. The van der Waals surface area contributed by atoms with Crippen molar-refractivity contribution < 1.29 is 9.59 Å². The Labute approximate surface area is 160 Å². The van der Waals surface area contributed by atoms with Crippen LogP contribution in [-0.4, -0.2) is 15.2 Å². The summed E-state index contributed by atoms with van der Waals surface area (Å²) in [5.74, 6) is -0.660. The highest BCUT2D eigenvalue weighted by Gasteiger charge is 2.24. The van der Waals surface area contributed by atoms with E-state index in [-0.39, 0.29) is 16.7 Å². The summed E-state index contributed by atoms with van der Waals surface area (Å²) in [6.45, 7) is 0.677. The van der Waals surface area contributed by atoms with Crippen molar-refractivity contribution in [2.24, 2.45) is 0 Å². The van der Waals surface area contributed by atoms with Gasteiger partial charge < -0.3 is 5.32 Å². The van der Waals surface area contributed by atoms with Gasteiger partial charge in [0.2, 0.25) is 0 Å². The number of thiazole rings is 1. The van der Waals surface area contributed by atoms with Gasteiger partial charge in [0.15, 0.2) is 10.2 Å². The molecule has 25 heavy (non-hydrogen) atoms. The molecule has 0 radical (unpaired) electrons. The molecule has 1 aromatic heterocycles. The second-order valence-electron chi connectivity index (χ2n) is 5.53. The maximum atomic E-state index is 11.8. The number of nitrogens with zero attached hydrogens (tertiary/aromatic N) is 1. The van der Waals surface area contributed by atoms with Crippen LogP contribution in [0.5, 0.6) is 0 Å². The summed E-state index contributed by atoms with van der Waals surface area (Å²) in [6, 6.07) is 15.9. The second kappa shape index (κ2) is 8.03. The van der Waals surface area contributed by atoms with Gasteiger partial charge in [0.05, 0.1) is 16.3 Å². The Kier molecular flexibility index (Phi) is 5.78. The number of aromatic nitrogens is 1. The fourth-order valence-electron chi connectivity index (χ4n) is 2.51. The summed E-state index contributed by atoms with van der Waals surface area (Å²) in [7, 11) is 0. The smallest absolute Gasteiger partial charge is 0.196 e. The number of para-hydroxylation sites is 1. The van der Waals surface area contributed by atoms with Gasteiger partial charge in [0.1, 0.15) is 10.5 Å². The Hall–Kier alpha value is -1.83. The van der Waals surface area contributed by atoms with E-state index in [1.54, 1.807) is 0 Å². The van der Waals surface area contributed by atoms with E-state index >= 15 is 0 Å². The molecular weight excluding hydrogens is 372 g/mol. The molecule has 0 aliphatic carbocycles. The van der Waals surface area contributed by atoms with Gasteiger partial charge in [-0.3, -0.25) is 9.59 Å². The fraction of sp³-hybridized carbons (Fsp3) is 0.167. The topological polar surface area (TPSA) is 59.1 Å². The van der Waals surface area contributed by atoms with Crippen LogP contribution in [0.3, 0.4) is 0 Å². The zero-order valence-corrected chi connectivity index (χ0v) is 15.8. The van der Waals surface area contributed by atoms with Crippen molar-refractivity contribution in [3.8, 4) is 0 Å². The molecule has 0 fully saturated rings. The van der Waals surface area contributed by atoms with Gasteiger partial charge >= 0.3 is 0 Å². The summed E-state index contributed by atoms with van der Waals surface area (Å²) in [5, 5.41) is 3.25. The summed E-state index contributed by atoms with van der Waals surface area (Å²) in [4.78, 5) is 27.7. The first-order valence-corrected chi connectivity index (χ1v) is 9.37. The molecular formula is C18H16N2O2S3. The standard InChI is InChI=1S/C18H16N2O2S3/c21-15(23)9-12(18(22)24)17-20-16-13(7-4-8-14(16)25-17)19-10-11-5-2-1-3-6-11/h1-8,12,19H,9-10H2,(H,21,23)(H,22,24). The Bertz CT molecular complexity index is 909. The normalized spacial score (nSPS) is 12.1. The summed E-state index contributed by atoms with van der Waals surface area (Å²) in [5.41, 5.74) is 2.86. The van der Waals surface area contributed by atoms with Crippen LogP contribution in [0.2, 0.25) is 0 Å². The molecule has 0 aliphatic rings. The molecule has 0 bridgehead atoms. The third kappa shape index (κ3) is 4.42. The number of carbonyl (C=O) groups is 2.